The maximum absolute atomic E-state index is 6.21. The van der Waals surface area contributed by atoms with Crippen LogP contribution in [-0.4, -0.2) is 15.5 Å². The third-order valence-corrected chi connectivity index (χ3v) is 5.44. The van der Waals surface area contributed by atoms with E-state index in [1.165, 1.54) is 33.2 Å². The molecule has 130 valence electrons. The summed E-state index contributed by atoms with van der Waals surface area (Å²) in [6.07, 6.45) is 4.24. The van der Waals surface area contributed by atoms with Gasteiger partial charge in [0.2, 0.25) is 0 Å². The standard InChI is InChI=1S/C22H27N3/c1-3-20(23)9-19-13-24(2)22-11-18-15-25(14-17(18)10-21(19)22)12-16-7-5-4-6-8-16/h4-8,10-11,13,20H,3,9,12,14-15,23H2,1-2H3. The van der Waals surface area contributed by atoms with Crippen LogP contribution in [-0.2, 0) is 33.1 Å². The SMILES string of the molecule is CCC(N)Cc1cn(C)c2cc3c(cc12)CN(Cc1ccccc1)C3. The first-order valence-corrected chi connectivity index (χ1v) is 9.25. The topological polar surface area (TPSA) is 34.2 Å². The van der Waals surface area contributed by atoms with E-state index in [9.17, 15) is 0 Å². The van der Waals surface area contributed by atoms with Crippen LogP contribution in [0.15, 0.2) is 48.7 Å². The molecule has 0 radical (unpaired) electrons. The van der Waals surface area contributed by atoms with Crippen LogP contribution < -0.4 is 5.73 Å². The molecule has 0 saturated carbocycles. The molecular formula is C22H27N3. The van der Waals surface area contributed by atoms with Gasteiger partial charge >= 0.3 is 0 Å². The molecule has 0 spiro atoms. The van der Waals surface area contributed by atoms with Crippen molar-refractivity contribution in [3.8, 4) is 0 Å². The van der Waals surface area contributed by atoms with Crippen molar-refractivity contribution < 1.29 is 0 Å². The van der Waals surface area contributed by atoms with Crippen LogP contribution in [0.2, 0.25) is 0 Å². The van der Waals surface area contributed by atoms with Crippen molar-refractivity contribution in [2.75, 3.05) is 0 Å². The Kier molecular flexibility index (Phi) is 4.36. The minimum absolute atomic E-state index is 0.244. The molecule has 0 aliphatic carbocycles. The molecule has 2 heterocycles. The molecule has 1 aromatic heterocycles. The molecule has 2 N–H and O–H groups in total. The van der Waals surface area contributed by atoms with E-state index >= 15 is 0 Å². The van der Waals surface area contributed by atoms with Crippen molar-refractivity contribution in [3.05, 3.63) is 70.9 Å². The summed E-state index contributed by atoms with van der Waals surface area (Å²) in [5, 5.41) is 1.38. The minimum atomic E-state index is 0.244. The summed E-state index contributed by atoms with van der Waals surface area (Å²) < 4.78 is 2.26. The van der Waals surface area contributed by atoms with Gasteiger partial charge in [-0.25, -0.2) is 0 Å². The Labute approximate surface area is 150 Å². The summed E-state index contributed by atoms with van der Waals surface area (Å²) in [5.41, 5.74) is 13.3. The molecule has 0 amide bonds. The van der Waals surface area contributed by atoms with E-state index in [0.717, 1.165) is 32.5 Å². The molecular weight excluding hydrogens is 306 g/mol. The van der Waals surface area contributed by atoms with Gasteiger partial charge in [0, 0.05) is 49.8 Å². The van der Waals surface area contributed by atoms with Gasteiger partial charge in [-0.1, -0.05) is 37.3 Å². The lowest BCUT2D eigenvalue weighted by molar-refractivity contribution is 0.275. The van der Waals surface area contributed by atoms with Crippen LogP contribution in [0.1, 0.15) is 35.6 Å². The van der Waals surface area contributed by atoms with E-state index in [4.69, 9.17) is 5.73 Å². The first kappa shape index (κ1) is 16.4. The predicted octanol–water partition coefficient (Wildman–Crippen LogP) is 3.97. The van der Waals surface area contributed by atoms with Gasteiger partial charge in [-0.15, -0.1) is 0 Å². The highest BCUT2D eigenvalue weighted by Gasteiger charge is 2.21. The second-order valence-corrected chi connectivity index (χ2v) is 7.41. The average molecular weight is 333 g/mol. The molecule has 2 aromatic carbocycles. The van der Waals surface area contributed by atoms with Crippen molar-refractivity contribution in [1.82, 2.24) is 9.47 Å². The Morgan fingerprint density at radius 2 is 1.80 bits per heavy atom. The highest BCUT2D eigenvalue weighted by atomic mass is 15.1. The van der Waals surface area contributed by atoms with Gasteiger partial charge in [-0.05, 0) is 47.2 Å². The molecule has 1 aliphatic rings. The summed E-state index contributed by atoms with van der Waals surface area (Å²) >= 11 is 0. The summed E-state index contributed by atoms with van der Waals surface area (Å²) in [4.78, 5) is 2.52. The van der Waals surface area contributed by atoms with Crippen molar-refractivity contribution in [1.29, 1.82) is 0 Å². The summed E-state index contributed by atoms with van der Waals surface area (Å²) in [6.45, 7) is 5.25. The molecule has 0 bridgehead atoms. The highest BCUT2D eigenvalue weighted by molar-refractivity contribution is 5.86. The number of hydrogen-bond acceptors (Lipinski definition) is 2. The zero-order valence-corrected chi connectivity index (χ0v) is 15.2. The Morgan fingerprint density at radius 3 is 2.52 bits per heavy atom. The Balaban J connectivity index is 1.61. The van der Waals surface area contributed by atoms with Crippen LogP contribution in [0.3, 0.4) is 0 Å². The van der Waals surface area contributed by atoms with E-state index < -0.39 is 0 Å². The fraction of sp³-hybridized carbons (Fsp3) is 0.364. The smallest absolute Gasteiger partial charge is 0.0484 e. The van der Waals surface area contributed by atoms with Gasteiger partial charge in [-0.3, -0.25) is 4.90 Å². The van der Waals surface area contributed by atoms with Crippen molar-refractivity contribution in [2.45, 2.75) is 45.4 Å². The third-order valence-electron chi connectivity index (χ3n) is 5.44. The lowest BCUT2D eigenvalue weighted by atomic mass is 10.0. The molecule has 0 saturated heterocycles. The zero-order chi connectivity index (χ0) is 17.4. The lowest BCUT2D eigenvalue weighted by Gasteiger charge is -2.14. The van der Waals surface area contributed by atoms with Crippen LogP contribution in [0.5, 0.6) is 0 Å². The van der Waals surface area contributed by atoms with Gasteiger partial charge in [0.1, 0.15) is 0 Å². The van der Waals surface area contributed by atoms with Crippen molar-refractivity contribution >= 4 is 10.9 Å². The third kappa shape index (κ3) is 3.22. The molecule has 25 heavy (non-hydrogen) atoms. The van der Waals surface area contributed by atoms with Crippen LogP contribution in [0.25, 0.3) is 10.9 Å². The highest BCUT2D eigenvalue weighted by Crippen LogP contribution is 2.31. The molecule has 3 nitrogen and oxygen atoms in total. The number of aryl methyl sites for hydroxylation is 1. The van der Waals surface area contributed by atoms with E-state index in [0.29, 0.717) is 0 Å². The number of rotatable bonds is 5. The molecule has 4 rings (SSSR count). The maximum Gasteiger partial charge on any atom is 0.0484 e. The summed E-state index contributed by atoms with van der Waals surface area (Å²) in [7, 11) is 2.15. The average Bonchev–Trinajstić information content (AvgIpc) is 3.14. The quantitative estimate of drug-likeness (QED) is 0.766. The first-order chi connectivity index (χ1) is 12.1. The number of aromatic nitrogens is 1. The van der Waals surface area contributed by atoms with Crippen LogP contribution in [0.4, 0.5) is 0 Å². The molecule has 1 unspecified atom stereocenters. The van der Waals surface area contributed by atoms with Gasteiger partial charge in [0.05, 0.1) is 0 Å². The molecule has 3 aromatic rings. The summed E-state index contributed by atoms with van der Waals surface area (Å²) in [6, 6.07) is 15.8. The maximum atomic E-state index is 6.21. The minimum Gasteiger partial charge on any atom is -0.350 e. The fourth-order valence-corrected chi connectivity index (χ4v) is 3.97. The Bertz CT molecular complexity index is 879. The number of nitrogens with two attached hydrogens (primary N) is 1. The number of nitrogens with zero attached hydrogens (tertiary/aromatic N) is 2. The Morgan fingerprint density at radius 1 is 1.08 bits per heavy atom. The molecule has 1 atom stereocenters. The van der Waals surface area contributed by atoms with E-state index in [2.05, 4.69) is 72.1 Å². The van der Waals surface area contributed by atoms with Crippen molar-refractivity contribution in [2.24, 2.45) is 12.8 Å². The van der Waals surface area contributed by atoms with Gasteiger partial charge in [-0.2, -0.15) is 0 Å². The number of fused-ring (bicyclic) bond motifs is 2. The van der Waals surface area contributed by atoms with Gasteiger partial charge in [0.15, 0.2) is 0 Å². The predicted molar refractivity (Wildman–Crippen MR) is 104 cm³/mol. The van der Waals surface area contributed by atoms with Crippen LogP contribution >= 0.6 is 0 Å². The van der Waals surface area contributed by atoms with Gasteiger partial charge < -0.3 is 10.3 Å². The second kappa shape index (κ2) is 6.66. The van der Waals surface area contributed by atoms with Gasteiger partial charge in [0.25, 0.3) is 0 Å². The lowest BCUT2D eigenvalue weighted by Crippen LogP contribution is -2.21. The normalized spacial score (nSPS) is 15.6. The largest absolute Gasteiger partial charge is 0.350 e. The number of benzene rings is 2. The van der Waals surface area contributed by atoms with E-state index in [-0.39, 0.29) is 6.04 Å². The monoisotopic (exact) mass is 333 g/mol. The molecule has 1 aliphatic heterocycles. The van der Waals surface area contributed by atoms with E-state index in [1.807, 2.05) is 0 Å². The molecule has 3 heteroatoms. The zero-order valence-electron chi connectivity index (χ0n) is 15.2. The number of hydrogen-bond donors (Lipinski definition) is 1. The van der Waals surface area contributed by atoms with Crippen LogP contribution in [0, 0.1) is 0 Å². The Hall–Kier alpha value is -2.10. The molecule has 0 fully saturated rings. The van der Waals surface area contributed by atoms with E-state index in [1.54, 1.807) is 0 Å². The second-order valence-electron chi connectivity index (χ2n) is 7.41. The summed E-state index contributed by atoms with van der Waals surface area (Å²) in [5.74, 6) is 0. The fourth-order valence-electron chi connectivity index (χ4n) is 3.97. The van der Waals surface area contributed by atoms with Crippen molar-refractivity contribution in [3.63, 3.8) is 0 Å². The first-order valence-electron chi connectivity index (χ1n) is 9.25.